The van der Waals surface area contributed by atoms with Crippen molar-refractivity contribution >= 4 is 11.0 Å². The van der Waals surface area contributed by atoms with Gasteiger partial charge >= 0.3 is 0 Å². The van der Waals surface area contributed by atoms with Crippen molar-refractivity contribution < 1.29 is 19.0 Å². The number of methoxy groups -OCH3 is 2. The summed E-state index contributed by atoms with van der Waals surface area (Å²) in [7, 11) is 3.06. The number of hydrogen-bond donors (Lipinski definition) is 1. The Kier molecular flexibility index (Phi) is 3.93. The van der Waals surface area contributed by atoms with E-state index in [2.05, 4.69) is 0 Å². The molecule has 0 spiro atoms. The maximum Gasteiger partial charge on any atom is 0.235 e. The second-order valence-electron chi connectivity index (χ2n) is 5.64. The Bertz CT molecular complexity index is 985. The van der Waals surface area contributed by atoms with E-state index in [0.29, 0.717) is 28.0 Å². The average molecular weight is 326 g/mol. The van der Waals surface area contributed by atoms with Crippen LogP contribution in [0.4, 0.5) is 0 Å². The summed E-state index contributed by atoms with van der Waals surface area (Å²) in [4.78, 5) is 12.5. The summed E-state index contributed by atoms with van der Waals surface area (Å²) in [6.07, 6.45) is 0. The molecule has 0 atom stereocenters. The minimum Gasteiger partial charge on any atom is -0.502 e. The van der Waals surface area contributed by atoms with Gasteiger partial charge < -0.3 is 19.0 Å². The zero-order chi connectivity index (χ0) is 17.4. The SMILES string of the molecule is COc1ccc(-c2oc3c(C)cc(C)cc3c(=O)c2O)cc1OC. The number of aromatic hydroxyl groups is 1. The zero-order valence-corrected chi connectivity index (χ0v) is 14.0. The molecular formula is C19H18O5. The first-order chi connectivity index (χ1) is 11.5. The molecule has 0 fully saturated rings. The molecule has 0 aliphatic rings. The van der Waals surface area contributed by atoms with Gasteiger partial charge in [-0.15, -0.1) is 0 Å². The Balaban J connectivity index is 2.31. The molecule has 5 heteroatoms. The fraction of sp³-hybridized carbons (Fsp3) is 0.211. The molecule has 24 heavy (non-hydrogen) atoms. The van der Waals surface area contributed by atoms with Crippen LogP contribution >= 0.6 is 0 Å². The zero-order valence-electron chi connectivity index (χ0n) is 14.0. The number of hydrogen-bond acceptors (Lipinski definition) is 5. The molecule has 0 radical (unpaired) electrons. The molecule has 0 amide bonds. The van der Waals surface area contributed by atoms with Crippen molar-refractivity contribution in [3.05, 3.63) is 51.7 Å². The molecule has 0 saturated carbocycles. The Labute approximate surface area is 139 Å². The Morgan fingerprint density at radius 3 is 2.38 bits per heavy atom. The van der Waals surface area contributed by atoms with Crippen LogP contribution in [0.5, 0.6) is 17.2 Å². The lowest BCUT2D eigenvalue weighted by molar-refractivity contribution is 0.355. The van der Waals surface area contributed by atoms with Crippen LogP contribution in [0.2, 0.25) is 0 Å². The minimum absolute atomic E-state index is 0.111. The third-order valence-corrected chi connectivity index (χ3v) is 3.94. The highest BCUT2D eigenvalue weighted by Gasteiger charge is 2.18. The first kappa shape index (κ1) is 15.9. The minimum atomic E-state index is -0.451. The molecule has 0 aliphatic carbocycles. The molecule has 0 saturated heterocycles. The molecule has 1 aromatic heterocycles. The van der Waals surface area contributed by atoms with E-state index in [1.165, 1.54) is 14.2 Å². The highest BCUT2D eigenvalue weighted by atomic mass is 16.5. The van der Waals surface area contributed by atoms with Crippen molar-refractivity contribution in [1.29, 1.82) is 0 Å². The van der Waals surface area contributed by atoms with Crippen molar-refractivity contribution in [2.24, 2.45) is 0 Å². The predicted octanol–water partition coefficient (Wildman–Crippen LogP) is 3.80. The molecule has 1 N–H and O–H groups in total. The van der Waals surface area contributed by atoms with Crippen LogP contribution in [0.25, 0.3) is 22.3 Å². The average Bonchev–Trinajstić information content (AvgIpc) is 2.58. The number of rotatable bonds is 3. The van der Waals surface area contributed by atoms with E-state index in [4.69, 9.17) is 13.9 Å². The highest BCUT2D eigenvalue weighted by molar-refractivity contribution is 5.85. The third kappa shape index (κ3) is 2.48. The lowest BCUT2D eigenvalue weighted by Gasteiger charge is -2.11. The normalized spacial score (nSPS) is 10.8. The van der Waals surface area contributed by atoms with Crippen LogP contribution in [0.1, 0.15) is 11.1 Å². The van der Waals surface area contributed by atoms with Crippen LogP contribution in [-0.2, 0) is 0 Å². The second-order valence-corrected chi connectivity index (χ2v) is 5.64. The lowest BCUT2D eigenvalue weighted by Crippen LogP contribution is -2.04. The van der Waals surface area contributed by atoms with Gasteiger partial charge in [0.2, 0.25) is 11.2 Å². The molecule has 0 bridgehead atoms. The Hall–Kier alpha value is -2.95. The third-order valence-electron chi connectivity index (χ3n) is 3.94. The molecule has 3 aromatic rings. The largest absolute Gasteiger partial charge is 0.502 e. The van der Waals surface area contributed by atoms with Crippen molar-refractivity contribution in [2.75, 3.05) is 14.2 Å². The fourth-order valence-electron chi connectivity index (χ4n) is 2.81. The molecule has 1 heterocycles. The standard InChI is InChI=1S/C19H18O5/c1-10-7-11(2)18-13(8-10)16(20)17(21)19(24-18)12-5-6-14(22-3)15(9-12)23-4/h5-9,21H,1-4H3. The summed E-state index contributed by atoms with van der Waals surface area (Å²) in [6, 6.07) is 8.70. The quantitative estimate of drug-likeness (QED) is 0.793. The van der Waals surface area contributed by atoms with E-state index < -0.39 is 11.2 Å². The molecular weight excluding hydrogens is 308 g/mol. The Morgan fingerprint density at radius 2 is 1.71 bits per heavy atom. The molecule has 0 aliphatic heterocycles. The smallest absolute Gasteiger partial charge is 0.235 e. The number of aryl methyl sites for hydroxylation is 2. The van der Waals surface area contributed by atoms with Crippen molar-refractivity contribution in [3.63, 3.8) is 0 Å². The van der Waals surface area contributed by atoms with E-state index in [9.17, 15) is 9.90 Å². The van der Waals surface area contributed by atoms with Crippen LogP contribution in [0.15, 0.2) is 39.5 Å². The van der Waals surface area contributed by atoms with E-state index in [1.54, 1.807) is 24.3 Å². The topological polar surface area (TPSA) is 68.9 Å². The maximum absolute atomic E-state index is 12.5. The van der Waals surface area contributed by atoms with Gasteiger partial charge in [-0.05, 0) is 49.2 Å². The number of ether oxygens (including phenoxy) is 2. The van der Waals surface area contributed by atoms with Crippen molar-refractivity contribution in [2.45, 2.75) is 13.8 Å². The highest BCUT2D eigenvalue weighted by Crippen LogP contribution is 2.36. The first-order valence-corrected chi connectivity index (χ1v) is 7.45. The number of fused-ring (bicyclic) bond motifs is 1. The van der Waals surface area contributed by atoms with Gasteiger partial charge in [-0.3, -0.25) is 4.79 Å². The first-order valence-electron chi connectivity index (χ1n) is 7.45. The van der Waals surface area contributed by atoms with Crippen molar-refractivity contribution in [1.82, 2.24) is 0 Å². The van der Waals surface area contributed by atoms with Gasteiger partial charge in [0, 0.05) is 5.56 Å². The second kappa shape index (κ2) is 5.92. The lowest BCUT2D eigenvalue weighted by atomic mass is 10.1. The van der Waals surface area contributed by atoms with Gasteiger partial charge in [0.25, 0.3) is 0 Å². The van der Waals surface area contributed by atoms with E-state index in [0.717, 1.165) is 11.1 Å². The molecule has 3 rings (SSSR count). The molecule has 2 aromatic carbocycles. The molecule has 124 valence electrons. The van der Waals surface area contributed by atoms with Gasteiger partial charge in [0.15, 0.2) is 17.3 Å². The van der Waals surface area contributed by atoms with Gasteiger partial charge in [-0.2, -0.15) is 0 Å². The summed E-state index contributed by atoms with van der Waals surface area (Å²) >= 11 is 0. The summed E-state index contributed by atoms with van der Waals surface area (Å²) < 4.78 is 16.3. The summed E-state index contributed by atoms with van der Waals surface area (Å²) in [5.41, 5.74) is 2.32. The summed E-state index contributed by atoms with van der Waals surface area (Å²) in [5.74, 6) is 0.730. The van der Waals surface area contributed by atoms with Crippen LogP contribution in [-0.4, -0.2) is 19.3 Å². The van der Waals surface area contributed by atoms with E-state index in [1.807, 2.05) is 19.9 Å². The monoisotopic (exact) mass is 326 g/mol. The van der Waals surface area contributed by atoms with Crippen molar-refractivity contribution in [3.8, 4) is 28.6 Å². The van der Waals surface area contributed by atoms with Crippen LogP contribution in [0.3, 0.4) is 0 Å². The summed E-state index contributed by atoms with van der Waals surface area (Å²) in [5, 5.41) is 10.7. The van der Waals surface area contributed by atoms with E-state index >= 15 is 0 Å². The van der Waals surface area contributed by atoms with E-state index in [-0.39, 0.29) is 5.76 Å². The van der Waals surface area contributed by atoms with Crippen LogP contribution < -0.4 is 14.9 Å². The maximum atomic E-state index is 12.5. The predicted molar refractivity (Wildman–Crippen MR) is 92.2 cm³/mol. The Morgan fingerprint density at radius 1 is 1.00 bits per heavy atom. The number of benzene rings is 2. The molecule has 0 unspecified atom stereocenters. The van der Waals surface area contributed by atoms with Gasteiger partial charge in [-0.25, -0.2) is 0 Å². The van der Waals surface area contributed by atoms with Gasteiger partial charge in [0.1, 0.15) is 5.58 Å². The fourth-order valence-corrected chi connectivity index (χ4v) is 2.81. The molecule has 5 nitrogen and oxygen atoms in total. The van der Waals surface area contributed by atoms with Crippen LogP contribution in [0, 0.1) is 13.8 Å². The van der Waals surface area contributed by atoms with Gasteiger partial charge in [-0.1, -0.05) is 6.07 Å². The van der Waals surface area contributed by atoms with Gasteiger partial charge in [0.05, 0.1) is 19.6 Å². The summed E-state index contributed by atoms with van der Waals surface area (Å²) in [6.45, 7) is 3.76.